The summed E-state index contributed by atoms with van der Waals surface area (Å²) >= 11 is 6.93. The van der Waals surface area contributed by atoms with Crippen LogP contribution < -0.4 is 0 Å². The van der Waals surface area contributed by atoms with Crippen molar-refractivity contribution < 1.29 is 9.90 Å². The summed E-state index contributed by atoms with van der Waals surface area (Å²) in [4.78, 5) is 14.9. The number of aromatic nitrogens is 1. The maximum atomic E-state index is 10.9. The highest BCUT2D eigenvalue weighted by atomic mass is 35.5. The van der Waals surface area contributed by atoms with E-state index in [1.165, 1.54) is 11.3 Å². The van der Waals surface area contributed by atoms with Crippen LogP contribution in [-0.4, -0.2) is 16.1 Å². The lowest BCUT2D eigenvalue weighted by Crippen LogP contribution is -2.11. The SMILES string of the molecule is CCCCC(C(=O)O)c1csc(Cl)n1. The summed E-state index contributed by atoms with van der Waals surface area (Å²) in [5.74, 6) is -1.32. The van der Waals surface area contributed by atoms with Crippen LogP contribution in [0.1, 0.15) is 37.8 Å². The number of thiazole rings is 1. The molecule has 0 saturated carbocycles. The van der Waals surface area contributed by atoms with E-state index >= 15 is 0 Å². The topological polar surface area (TPSA) is 50.2 Å². The number of carboxylic acids is 1. The summed E-state index contributed by atoms with van der Waals surface area (Å²) in [6.45, 7) is 2.03. The van der Waals surface area contributed by atoms with E-state index < -0.39 is 11.9 Å². The molecule has 78 valence electrons. The van der Waals surface area contributed by atoms with Crippen LogP contribution in [0.2, 0.25) is 4.47 Å². The first-order valence-electron chi connectivity index (χ1n) is 4.49. The molecule has 0 aliphatic heterocycles. The molecule has 1 rings (SSSR count). The molecule has 0 saturated heterocycles. The zero-order valence-electron chi connectivity index (χ0n) is 7.86. The van der Waals surface area contributed by atoms with Gasteiger partial charge in [0.25, 0.3) is 0 Å². The number of hydrogen-bond donors (Lipinski definition) is 1. The van der Waals surface area contributed by atoms with Crippen LogP contribution in [0.3, 0.4) is 0 Å². The molecule has 3 nitrogen and oxygen atoms in total. The van der Waals surface area contributed by atoms with Gasteiger partial charge in [0.2, 0.25) is 0 Å². The van der Waals surface area contributed by atoms with E-state index in [1.807, 2.05) is 6.92 Å². The van der Waals surface area contributed by atoms with Crippen molar-refractivity contribution >= 4 is 28.9 Å². The van der Waals surface area contributed by atoms with Gasteiger partial charge >= 0.3 is 5.97 Å². The molecule has 0 spiro atoms. The lowest BCUT2D eigenvalue weighted by Gasteiger charge is -2.07. The number of hydrogen-bond acceptors (Lipinski definition) is 3. The zero-order chi connectivity index (χ0) is 10.6. The fourth-order valence-electron chi connectivity index (χ4n) is 1.23. The summed E-state index contributed by atoms with van der Waals surface area (Å²) in [6.07, 6.45) is 2.51. The predicted octanol–water partition coefficient (Wildman–Crippen LogP) is 3.15. The number of carbonyl (C=O) groups is 1. The minimum atomic E-state index is -0.819. The maximum Gasteiger partial charge on any atom is 0.312 e. The van der Waals surface area contributed by atoms with Gasteiger partial charge in [-0.25, -0.2) is 4.98 Å². The summed E-state index contributed by atoms with van der Waals surface area (Å²) < 4.78 is 0.405. The van der Waals surface area contributed by atoms with Crippen LogP contribution in [0.5, 0.6) is 0 Å². The molecule has 0 bridgehead atoms. The summed E-state index contributed by atoms with van der Waals surface area (Å²) in [7, 11) is 0. The van der Waals surface area contributed by atoms with E-state index in [-0.39, 0.29) is 0 Å². The second kappa shape index (κ2) is 5.32. The van der Waals surface area contributed by atoms with E-state index in [0.29, 0.717) is 16.6 Å². The zero-order valence-corrected chi connectivity index (χ0v) is 9.44. The Balaban J connectivity index is 2.72. The third kappa shape index (κ3) is 2.96. The molecule has 0 aliphatic rings. The van der Waals surface area contributed by atoms with Crippen molar-refractivity contribution in [1.29, 1.82) is 0 Å². The van der Waals surface area contributed by atoms with Crippen molar-refractivity contribution in [3.63, 3.8) is 0 Å². The van der Waals surface area contributed by atoms with Gasteiger partial charge in [-0.05, 0) is 6.42 Å². The molecule has 1 unspecified atom stereocenters. The Bertz CT molecular complexity index is 314. The van der Waals surface area contributed by atoms with E-state index in [4.69, 9.17) is 16.7 Å². The van der Waals surface area contributed by atoms with Gasteiger partial charge in [0.1, 0.15) is 0 Å². The Labute approximate surface area is 91.7 Å². The molecular formula is C9H12ClNO2S. The minimum absolute atomic E-state index is 0.405. The molecule has 1 heterocycles. The van der Waals surface area contributed by atoms with Crippen LogP contribution in [0, 0.1) is 0 Å². The Hall–Kier alpha value is -0.610. The largest absolute Gasteiger partial charge is 0.481 e. The maximum absolute atomic E-state index is 10.9. The molecule has 0 amide bonds. The summed E-state index contributed by atoms with van der Waals surface area (Å²) in [5.41, 5.74) is 0.584. The van der Waals surface area contributed by atoms with Crippen LogP contribution in [-0.2, 0) is 4.79 Å². The number of carboxylic acid groups (broad SMARTS) is 1. The van der Waals surface area contributed by atoms with Crippen molar-refractivity contribution in [3.8, 4) is 0 Å². The van der Waals surface area contributed by atoms with Gasteiger partial charge in [-0.15, -0.1) is 11.3 Å². The van der Waals surface area contributed by atoms with Crippen molar-refractivity contribution in [2.24, 2.45) is 0 Å². The predicted molar refractivity (Wildman–Crippen MR) is 57.0 cm³/mol. The number of nitrogens with zero attached hydrogens (tertiary/aromatic N) is 1. The summed E-state index contributed by atoms with van der Waals surface area (Å²) in [5, 5.41) is 10.7. The first-order valence-corrected chi connectivity index (χ1v) is 5.74. The molecule has 0 aromatic carbocycles. The monoisotopic (exact) mass is 233 g/mol. The number of aliphatic carboxylic acids is 1. The Kier molecular flexibility index (Phi) is 4.35. The van der Waals surface area contributed by atoms with Crippen LogP contribution in [0.25, 0.3) is 0 Å². The molecule has 0 aliphatic carbocycles. The molecule has 0 fully saturated rings. The van der Waals surface area contributed by atoms with Gasteiger partial charge in [0.05, 0.1) is 11.6 Å². The van der Waals surface area contributed by atoms with Gasteiger partial charge in [-0.2, -0.15) is 0 Å². The minimum Gasteiger partial charge on any atom is -0.481 e. The lowest BCUT2D eigenvalue weighted by atomic mass is 10.00. The second-order valence-electron chi connectivity index (χ2n) is 3.06. The molecule has 5 heteroatoms. The number of unbranched alkanes of at least 4 members (excludes halogenated alkanes) is 1. The van der Waals surface area contributed by atoms with Gasteiger partial charge in [-0.1, -0.05) is 31.4 Å². The molecule has 1 aromatic heterocycles. The molecule has 1 N–H and O–H groups in total. The van der Waals surface area contributed by atoms with E-state index in [0.717, 1.165) is 12.8 Å². The molecule has 1 aromatic rings. The fourth-order valence-corrected chi connectivity index (χ4v) is 2.05. The number of rotatable bonds is 5. The second-order valence-corrected chi connectivity index (χ2v) is 4.50. The third-order valence-corrected chi connectivity index (χ3v) is 2.99. The van der Waals surface area contributed by atoms with Crippen LogP contribution in [0.4, 0.5) is 0 Å². The van der Waals surface area contributed by atoms with E-state index in [2.05, 4.69) is 4.98 Å². The van der Waals surface area contributed by atoms with Crippen molar-refractivity contribution in [2.45, 2.75) is 32.1 Å². The van der Waals surface area contributed by atoms with Crippen LogP contribution >= 0.6 is 22.9 Å². The van der Waals surface area contributed by atoms with Gasteiger partial charge < -0.3 is 5.11 Å². The Morgan fingerprint density at radius 1 is 1.79 bits per heavy atom. The average Bonchev–Trinajstić information content (AvgIpc) is 2.52. The normalized spacial score (nSPS) is 12.7. The van der Waals surface area contributed by atoms with E-state index in [9.17, 15) is 4.79 Å². The molecule has 0 radical (unpaired) electrons. The van der Waals surface area contributed by atoms with Gasteiger partial charge in [-0.3, -0.25) is 4.79 Å². The average molecular weight is 234 g/mol. The number of halogens is 1. The van der Waals surface area contributed by atoms with Crippen molar-refractivity contribution in [2.75, 3.05) is 0 Å². The quantitative estimate of drug-likeness (QED) is 0.850. The first kappa shape index (κ1) is 11.5. The van der Waals surface area contributed by atoms with Crippen molar-refractivity contribution in [3.05, 3.63) is 15.5 Å². The molecule has 1 atom stereocenters. The standard InChI is InChI=1S/C9H12ClNO2S/c1-2-3-4-6(8(12)13)7-5-14-9(10)11-7/h5-6H,2-4H2,1H3,(H,12,13). The smallest absolute Gasteiger partial charge is 0.312 e. The highest BCUT2D eigenvalue weighted by Gasteiger charge is 2.21. The Morgan fingerprint density at radius 3 is 2.93 bits per heavy atom. The Morgan fingerprint density at radius 2 is 2.50 bits per heavy atom. The van der Waals surface area contributed by atoms with E-state index in [1.54, 1.807) is 5.38 Å². The highest BCUT2D eigenvalue weighted by Crippen LogP contribution is 2.26. The molecule has 14 heavy (non-hydrogen) atoms. The molecular weight excluding hydrogens is 222 g/mol. The van der Waals surface area contributed by atoms with Crippen molar-refractivity contribution in [1.82, 2.24) is 4.98 Å². The lowest BCUT2D eigenvalue weighted by molar-refractivity contribution is -0.139. The third-order valence-electron chi connectivity index (χ3n) is 2.00. The van der Waals surface area contributed by atoms with Gasteiger partial charge in [0, 0.05) is 5.38 Å². The van der Waals surface area contributed by atoms with Gasteiger partial charge in [0.15, 0.2) is 4.47 Å². The fraction of sp³-hybridized carbons (Fsp3) is 0.556. The van der Waals surface area contributed by atoms with Crippen LogP contribution in [0.15, 0.2) is 5.38 Å². The highest BCUT2D eigenvalue weighted by molar-refractivity contribution is 7.14. The summed E-state index contributed by atoms with van der Waals surface area (Å²) in [6, 6.07) is 0. The first-order chi connectivity index (χ1) is 6.65.